The van der Waals surface area contributed by atoms with Crippen molar-refractivity contribution in [3.8, 4) is 0 Å². The molecule has 0 spiro atoms. The van der Waals surface area contributed by atoms with Crippen LogP contribution < -0.4 is 0 Å². The molecule has 1 N–H and O–H groups in total. The predicted octanol–water partition coefficient (Wildman–Crippen LogP) is -1.37. The first-order chi connectivity index (χ1) is 4.83. The first-order valence-electron chi connectivity index (χ1n) is 2.56. The lowest BCUT2D eigenvalue weighted by molar-refractivity contribution is 0.180. The van der Waals surface area contributed by atoms with Crippen LogP contribution in [0.15, 0.2) is 0 Å². The third kappa shape index (κ3) is 5.69. The highest BCUT2D eigenvalue weighted by Crippen LogP contribution is 2.43. The van der Waals surface area contributed by atoms with Gasteiger partial charge >= 0.3 is 7.82 Å². The lowest BCUT2D eigenvalue weighted by Gasteiger charge is -2.07. The fourth-order valence-corrected chi connectivity index (χ4v) is 1.03. The normalized spacial score (nSPS) is 10.3. The third-order valence-corrected chi connectivity index (χ3v) is 1.46. The molecule has 0 radical (unpaired) electrons. The van der Waals surface area contributed by atoms with E-state index in [1.54, 1.807) is 0 Å². The molecule has 11 heavy (non-hydrogen) atoms. The van der Waals surface area contributed by atoms with Crippen LogP contribution in [0.25, 0.3) is 0 Å². The first-order valence-corrected chi connectivity index (χ1v) is 4.06. The summed E-state index contributed by atoms with van der Waals surface area (Å²) in [5, 5.41) is 0. The Balaban J connectivity index is 4.12. The summed E-state index contributed by atoms with van der Waals surface area (Å²) < 4.78 is 18.1. The van der Waals surface area contributed by atoms with E-state index < -0.39 is 19.6 Å². The lowest BCUT2D eigenvalue weighted by Crippen LogP contribution is -2.05. The fraction of sp³-hybridized carbons (Fsp3) is 0. The summed E-state index contributed by atoms with van der Waals surface area (Å²) in [5.41, 5.74) is 0. The molecule has 0 bridgehead atoms. The van der Waals surface area contributed by atoms with E-state index in [1.807, 2.05) is 0 Å². The van der Waals surface area contributed by atoms with Crippen LogP contribution in [0.1, 0.15) is 0 Å². The topological polar surface area (TPSA) is 89.9 Å². The van der Waals surface area contributed by atoms with Gasteiger partial charge in [0.05, 0.1) is 0 Å². The zero-order valence-electron chi connectivity index (χ0n) is 5.94. The van der Waals surface area contributed by atoms with E-state index in [0.29, 0.717) is 0 Å². The number of hydrogen-bond acceptors (Lipinski definition) is 5. The molecule has 0 amide bonds. The van der Waals surface area contributed by atoms with Crippen molar-refractivity contribution in [2.45, 2.75) is 0 Å². The minimum Gasteiger partial charge on any atom is -0.372 e. The van der Waals surface area contributed by atoms with Crippen molar-refractivity contribution in [2.75, 3.05) is 0 Å². The van der Waals surface area contributed by atoms with Crippen LogP contribution in [-0.4, -0.2) is 32.3 Å². The Morgan fingerprint density at radius 3 is 1.64 bits per heavy atom. The van der Waals surface area contributed by atoms with Gasteiger partial charge in [0, 0.05) is 0 Å². The molecule has 0 aliphatic rings. The molecule has 9 heteroatoms. The van der Waals surface area contributed by atoms with Crippen LogP contribution in [0.3, 0.4) is 0 Å². The van der Waals surface area contributed by atoms with Crippen LogP contribution in [0.4, 0.5) is 9.59 Å². The molecule has 0 aromatic carbocycles. The summed E-state index contributed by atoms with van der Waals surface area (Å²) in [6.07, 6.45) is 0. The Morgan fingerprint density at radius 1 is 1.18 bits per heavy atom. The van der Waals surface area contributed by atoms with Crippen molar-refractivity contribution < 1.29 is 28.1 Å². The van der Waals surface area contributed by atoms with Gasteiger partial charge in [-0.2, -0.15) is 0 Å². The number of phosphoric ester groups is 1. The van der Waals surface area contributed by atoms with Crippen molar-refractivity contribution in [1.29, 1.82) is 0 Å². The summed E-state index contributed by atoms with van der Waals surface area (Å²) in [5.74, 6) is -1.98. The van der Waals surface area contributed by atoms with Crippen molar-refractivity contribution in [2.24, 2.45) is 0 Å². The summed E-state index contributed by atoms with van der Waals surface area (Å²) in [7, 11) is -2.66. The smallest absolute Gasteiger partial charge is 0.372 e. The number of carbonyl (C=O) groups excluding carboxylic acids is 2. The highest BCUT2D eigenvalue weighted by atomic mass is 31.2. The molecular formula is C2H5B2O6P. The van der Waals surface area contributed by atoms with Crippen molar-refractivity contribution >= 4 is 35.3 Å². The molecule has 0 heterocycles. The van der Waals surface area contributed by atoms with E-state index in [4.69, 9.17) is 4.89 Å². The highest BCUT2D eigenvalue weighted by Gasteiger charge is 2.26. The van der Waals surface area contributed by atoms with E-state index in [-0.39, 0.29) is 0 Å². The maximum Gasteiger partial charge on any atom is 0.587 e. The maximum atomic E-state index is 10.5. The van der Waals surface area contributed by atoms with E-state index in [0.717, 1.165) is 15.7 Å². The van der Waals surface area contributed by atoms with E-state index >= 15 is 0 Å². The zero-order valence-corrected chi connectivity index (χ0v) is 6.83. The maximum absolute atomic E-state index is 10.5. The molecule has 0 aliphatic carbocycles. The van der Waals surface area contributed by atoms with Crippen LogP contribution in [0.5, 0.6) is 0 Å². The molecule has 0 saturated heterocycles. The molecule has 0 aromatic heterocycles. The van der Waals surface area contributed by atoms with Gasteiger partial charge in [-0.25, -0.2) is 4.57 Å². The Labute approximate surface area is 64.3 Å². The summed E-state index contributed by atoms with van der Waals surface area (Å²) in [6.45, 7) is 0. The fourth-order valence-electron chi connectivity index (χ4n) is 0.344. The Bertz CT molecular complexity index is 205. The first kappa shape index (κ1) is 10.3. The zero-order chi connectivity index (χ0) is 9.07. The van der Waals surface area contributed by atoms with Crippen molar-refractivity contribution in [1.82, 2.24) is 0 Å². The average molecular weight is 178 g/mol. The van der Waals surface area contributed by atoms with Gasteiger partial charge in [-0.1, -0.05) is 0 Å². The van der Waals surface area contributed by atoms with Gasteiger partial charge in [0.2, 0.25) is 15.7 Å². The number of hydrogen-bond donors (Lipinski definition) is 1. The molecule has 0 aromatic rings. The summed E-state index contributed by atoms with van der Waals surface area (Å²) in [6, 6.07) is 0. The molecule has 60 valence electrons. The van der Waals surface area contributed by atoms with Gasteiger partial charge in [-0.15, -0.1) is 0 Å². The second-order valence-corrected chi connectivity index (χ2v) is 2.94. The molecular weight excluding hydrogens is 173 g/mol. The van der Waals surface area contributed by atoms with Gasteiger partial charge in [0.25, 0.3) is 11.7 Å². The highest BCUT2D eigenvalue weighted by molar-refractivity contribution is 7.49. The number of rotatable bonds is 2. The van der Waals surface area contributed by atoms with Gasteiger partial charge in [-0.3, -0.25) is 14.5 Å². The standard InChI is InChI=1S/C2H5B2O6P/c3-1(5)9-11(7,8)10-2(4)6/h3-4H2,(H,7,8). The van der Waals surface area contributed by atoms with Gasteiger partial charge < -0.3 is 9.05 Å². The molecule has 0 saturated carbocycles. The SMILES string of the molecule is BC(=O)OP(=O)(O)OC(B)=O. The number of carbonyl (C=O) groups is 2. The van der Waals surface area contributed by atoms with Gasteiger partial charge in [0.1, 0.15) is 0 Å². The third-order valence-electron chi connectivity index (χ3n) is 0.488. The minimum atomic E-state index is -4.50. The summed E-state index contributed by atoms with van der Waals surface area (Å²) in [4.78, 5) is 28.7. The van der Waals surface area contributed by atoms with Crippen molar-refractivity contribution in [3.05, 3.63) is 0 Å². The second kappa shape index (κ2) is 3.59. The molecule has 0 atom stereocenters. The van der Waals surface area contributed by atoms with E-state index in [2.05, 4.69) is 9.05 Å². The Hall–Kier alpha value is -0.740. The second-order valence-electron chi connectivity index (χ2n) is 1.63. The van der Waals surface area contributed by atoms with Crippen molar-refractivity contribution in [3.63, 3.8) is 0 Å². The monoisotopic (exact) mass is 178 g/mol. The van der Waals surface area contributed by atoms with Crippen LogP contribution in [0.2, 0.25) is 0 Å². The van der Waals surface area contributed by atoms with Crippen LogP contribution >= 0.6 is 7.82 Å². The molecule has 0 unspecified atom stereocenters. The number of phosphoric acid groups is 1. The summed E-state index contributed by atoms with van der Waals surface area (Å²) >= 11 is 0. The minimum absolute atomic E-state index is 0.923. The quantitative estimate of drug-likeness (QED) is 0.413. The van der Waals surface area contributed by atoms with Gasteiger partial charge in [-0.05, 0) is 0 Å². The lowest BCUT2D eigenvalue weighted by atomic mass is 10.2. The largest absolute Gasteiger partial charge is 0.587 e. The van der Waals surface area contributed by atoms with Crippen LogP contribution in [0, 0.1) is 0 Å². The average Bonchev–Trinajstić information content (AvgIpc) is 1.53. The van der Waals surface area contributed by atoms with E-state index in [9.17, 15) is 14.2 Å². The Morgan fingerprint density at radius 2 is 1.45 bits per heavy atom. The molecule has 0 fully saturated rings. The van der Waals surface area contributed by atoms with E-state index in [1.165, 1.54) is 0 Å². The Kier molecular flexibility index (Phi) is 3.35. The molecule has 0 rings (SSSR count). The van der Waals surface area contributed by atoms with Gasteiger partial charge in [0.15, 0.2) is 0 Å². The van der Waals surface area contributed by atoms with Crippen LogP contribution in [-0.2, 0) is 13.6 Å². The molecule has 6 nitrogen and oxygen atoms in total. The predicted molar refractivity (Wildman–Crippen MR) is 39.9 cm³/mol. The molecule has 0 aliphatic heterocycles.